The number of nitriles is 1. The van der Waals surface area contributed by atoms with Gasteiger partial charge in [0.2, 0.25) is 5.76 Å². The van der Waals surface area contributed by atoms with Crippen LogP contribution >= 0.6 is 0 Å². The van der Waals surface area contributed by atoms with Gasteiger partial charge in [0, 0.05) is 6.07 Å². The van der Waals surface area contributed by atoms with E-state index in [1.54, 1.807) is 6.07 Å². The summed E-state index contributed by atoms with van der Waals surface area (Å²) in [6, 6.07) is 3.53. The van der Waals surface area contributed by atoms with E-state index in [0.717, 1.165) is 5.69 Å². The molecule has 1 aromatic heterocycles. The molecule has 10 heavy (non-hydrogen) atoms. The third kappa shape index (κ3) is 1.16. The molecule has 0 aromatic carbocycles. The van der Waals surface area contributed by atoms with Gasteiger partial charge in [-0.2, -0.15) is 5.26 Å². The molecule has 0 N–H and O–H groups in total. The predicted octanol–water partition coefficient (Wildman–Crippen LogP) is 1.67. The highest BCUT2D eigenvalue weighted by atomic mass is 16.5. The van der Waals surface area contributed by atoms with Crippen LogP contribution in [-0.4, -0.2) is 5.16 Å². The summed E-state index contributed by atoms with van der Waals surface area (Å²) in [4.78, 5) is 0. The van der Waals surface area contributed by atoms with Crippen LogP contribution in [0.1, 0.15) is 31.2 Å². The van der Waals surface area contributed by atoms with E-state index in [0.29, 0.717) is 5.92 Å². The molecule has 52 valence electrons. The van der Waals surface area contributed by atoms with E-state index in [1.165, 1.54) is 0 Å². The zero-order chi connectivity index (χ0) is 7.56. The fraction of sp³-hybridized carbons (Fsp3) is 0.429. The Morgan fingerprint density at radius 2 is 2.40 bits per heavy atom. The Hall–Kier alpha value is -1.30. The molecular weight excluding hydrogens is 128 g/mol. The lowest BCUT2D eigenvalue weighted by molar-refractivity contribution is 0.399. The number of rotatable bonds is 1. The number of hydrogen-bond acceptors (Lipinski definition) is 3. The maximum atomic E-state index is 8.35. The first-order valence-corrected chi connectivity index (χ1v) is 3.10. The van der Waals surface area contributed by atoms with Gasteiger partial charge in [0.25, 0.3) is 0 Å². The molecule has 0 aliphatic carbocycles. The molecule has 0 fully saturated rings. The first kappa shape index (κ1) is 6.81. The Morgan fingerprint density at radius 1 is 1.70 bits per heavy atom. The highest BCUT2D eigenvalue weighted by Crippen LogP contribution is 2.12. The lowest BCUT2D eigenvalue weighted by Crippen LogP contribution is -1.84. The molecule has 1 heterocycles. The second-order valence-electron chi connectivity index (χ2n) is 2.38. The van der Waals surface area contributed by atoms with Crippen LogP contribution in [-0.2, 0) is 0 Å². The van der Waals surface area contributed by atoms with Crippen LogP contribution in [0.2, 0.25) is 0 Å². The maximum absolute atomic E-state index is 8.35. The molecule has 3 nitrogen and oxygen atoms in total. The average Bonchev–Trinajstić information content (AvgIpc) is 2.34. The Morgan fingerprint density at radius 3 is 2.70 bits per heavy atom. The van der Waals surface area contributed by atoms with Gasteiger partial charge < -0.3 is 4.52 Å². The third-order valence-electron chi connectivity index (χ3n) is 1.23. The predicted molar refractivity (Wildman–Crippen MR) is 35.3 cm³/mol. The van der Waals surface area contributed by atoms with Crippen molar-refractivity contribution in [2.24, 2.45) is 0 Å². The first-order valence-electron chi connectivity index (χ1n) is 3.10. The van der Waals surface area contributed by atoms with Crippen LogP contribution in [0.4, 0.5) is 0 Å². The molecule has 0 spiro atoms. The first-order chi connectivity index (χ1) is 4.74. The van der Waals surface area contributed by atoms with Crippen molar-refractivity contribution in [2.75, 3.05) is 0 Å². The molecule has 0 amide bonds. The van der Waals surface area contributed by atoms with Gasteiger partial charge in [-0.25, -0.2) is 0 Å². The zero-order valence-corrected chi connectivity index (χ0v) is 5.96. The fourth-order valence-corrected chi connectivity index (χ4v) is 0.614. The van der Waals surface area contributed by atoms with Crippen molar-refractivity contribution >= 4 is 0 Å². The van der Waals surface area contributed by atoms with Gasteiger partial charge in [0.15, 0.2) is 0 Å². The average molecular weight is 136 g/mol. The largest absolute Gasteiger partial charge is 0.345 e. The molecule has 0 bridgehead atoms. The van der Waals surface area contributed by atoms with Crippen molar-refractivity contribution in [1.82, 2.24) is 5.16 Å². The SMILES string of the molecule is CC(C)c1cc(C#N)on1. The van der Waals surface area contributed by atoms with E-state index in [1.807, 2.05) is 19.9 Å². The minimum absolute atomic E-state index is 0.281. The van der Waals surface area contributed by atoms with E-state index in [4.69, 9.17) is 5.26 Å². The minimum atomic E-state index is 0.281. The zero-order valence-electron chi connectivity index (χ0n) is 5.96. The van der Waals surface area contributed by atoms with Crippen molar-refractivity contribution in [3.63, 3.8) is 0 Å². The Bertz CT molecular complexity index is 257. The Balaban J connectivity index is 2.91. The molecular formula is C7H8N2O. The Labute approximate surface area is 59.2 Å². The van der Waals surface area contributed by atoms with Gasteiger partial charge in [-0.15, -0.1) is 0 Å². The molecule has 0 atom stereocenters. The quantitative estimate of drug-likeness (QED) is 0.590. The van der Waals surface area contributed by atoms with Gasteiger partial charge >= 0.3 is 0 Å². The molecule has 0 aliphatic heterocycles. The second kappa shape index (κ2) is 2.53. The number of nitrogens with zero attached hydrogens (tertiary/aromatic N) is 2. The monoisotopic (exact) mass is 136 g/mol. The van der Waals surface area contributed by atoms with E-state index in [9.17, 15) is 0 Å². The van der Waals surface area contributed by atoms with Gasteiger partial charge in [0.1, 0.15) is 6.07 Å². The summed E-state index contributed by atoms with van der Waals surface area (Å²) in [7, 11) is 0. The summed E-state index contributed by atoms with van der Waals surface area (Å²) in [5.41, 5.74) is 0.830. The lowest BCUT2D eigenvalue weighted by Gasteiger charge is -1.92. The summed E-state index contributed by atoms with van der Waals surface area (Å²) in [5.74, 6) is 0.606. The lowest BCUT2D eigenvalue weighted by atomic mass is 10.1. The molecule has 3 heteroatoms. The summed E-state index contributed by atoms with van der Waals surface area (Å²) in [6.45, 7) is 4.00. The maximum Gasteiger partial charge on any atom is 0.236 e. The topological polar surface area (TPSA) is 49.8 Å². The summed E-state index contributed by atoms with van der Waals surface area (Å²) < 4.78 is 4.66. The van der Waals surface area contributed by atoms with Gasteiger partial charge in [0.05, 0.1) is 5.69 Å². The van der Waals surface area contributed by atoms with Crippen molar-refractivity contribution in [1.29, 1.82) is 5.26 Å². The van der Waals surface area contributed by atoms with Gasteiger partial charge in [-0.05, 0) is 5.92 Å². The minimum Gasteiger partial charge on any atom is -0.345 e. The van der Waals surface area contributed by atoms with Crippen LogP contribution in [0.25, 0.3) is 0 Å². The second-order valence-corrected chi connectivity index (χ2v) is 2.38. The van der Waals surface area contributed by atoms with Crippen LogP contribution in [0, 0.1) is 11.3 Å². The molecule has 1 rings (SSSR count). The van der Waals surface area contributed by atoms with Crippen molar-refractivity contribution in [3.8, 4) is 6.07 Å². The number of aromatic nitrogens is 1. The highest BCUT2D eigenvalue weighted by Gasteiger charge is 2.05. The van der Waals surface area contributed by atoms with Gasteiger partial charge in [-0.3, -0.25) is 0 Å². The van der Waals surface area contributed by atoms with Gasteiger partial charge in [-0.1, -0.05) is 19.0 Å². The highest BCUT2D eigenvalue weighted by molar-refractivity contribution is 5.19. The Kier molecular flexibility index (Phi) is 1.72. The molecule has 0 saturated heterocycles. The standard InChI is InChI=1S/C7H8N2O/c1-5(2)7-3-6(4-8)10-9-7/h3,5H,1-2H3. The van der Waals surface area contributed by atoms with Crippen molar-refractivity contribution in [3.05, 3.63) is 17.5 Å². The van der Waals surface area contributed by atoms with E-state index < -0.39 is 0 Å². The summed E-state index contributed by atoms with van der Waals surface area (Å²) >= 11 is 0. The fourth-order valence-electron chi connectivity index (χ4n) is 0.614. The third-order valence-corrected chi connectivity index (χ3v) is 1.23. The van der Waals surface area contributed by atoms with Crippen LogP contribution < -0.4 is 0 Å². The molecule has 0 radical (unpaired) electrons. The molecule has 0 saturated carbocycles. The summed E-state index contributed by atoms with van der Waals surface area (Å²) in [5, 5.41) is 12.0. The number of hydrogen-bond donors (Lipinski definition) is 0. The normalized spacial score (nSPS) is 9.80. The van der Waals surface area contributed by atoms with E-state index >= 15 is 0 Å². The molecule has 0 aliphatic rings. The van der Waals surface area contributed by atoms with Crippen molar-refractivity contribution < 1.29 is 4.52 Å². The van der Waals surface area contributed by atoms with E-state index in [-0.39, 0.29) is 5.76 Å². The van der Waals surface area contributed by atoms with E-state index in [2.05, 4.69) is 9.68 Å². The molecule has 1 aromatic rings. The van der Waals surface area contributed by atoms with Crippen LogP contribution in [0.3, 0.4) is 0 Å². The van der Waals surface area contributed by atoms with Crippen LogP contribution in [0.5, 0.6) is 0 Å². The summed E-state index contributed by atoms with van der Waals surface area (Å²) in [6.07, 6.45) is 0. The molecule has 0 unspecified atom stereocenters. The smallest absolute Gasteiger partial charge is 0.236 e. The van der Waals surface area contributed by atoms with Crippen LogP contribution in [0.15, 0.2) is 10.6 Å². The van der Waals surface area contributed by atoms with Crippen molar-refractivity contribution in [2.45, 2.75) is 19.8 Å².